The Morgan fingerprint density at radius 3 is 2.37 bits per heavy atom. The zero-order chi connectivity index (χ0) is 14.9. The maximum absolute atomic E-state index is 11.3. The zero-order valence-electron chi connectivity index (χ0n) is 11.6. The Hall–Kier alpha value is -2.11. The van der Waals surface area contributed by atoms with Crippen molar-refractivity contribution in [2.45, 2.75) is 33.3 Å². The van der Waals surface area contributed by atoms with Gasteiger partial charge in [-0.2, -0.15) is 0 Å². The third-order valence-electron chi connectivity index (χ3n) is 1.50. The third-order valence-corrected chi connectivity index (χ3v) is 1.50. The molecule has 6 heteroatoms. The number of pyridine rings is 1. The molecule has 0 aromatic carbocycles. The Morgan fingerprint density at radius 1 is 1.37 bits per heavy atom. The Labute approximate surface area is 112 Å². The van der Waals surface area contributed by atoms with Crippen LogP contribution in [0.15, 0.2) is 24.4 Å². The van der Waals surface area contributed by atoms with Gasteiger partial charge in [0.15, 0.2) is 0 Å². The van der Waals surface area contributed by atoms with Crippen molar-refractivity contribution in [1.82, 2.24) is 4.98 Å². The summed E-state index contributed by atoms with van der Waals surface area (Å²) in [6.45, 7) is 6.73. The van der Waals surface area contributed by atoms with Crippen LogP contribution in [-0.2, 0) is 14.3 Å². The van der Waals surface area contributed by atoms with Crippen molar-refractivity contribution in [3.8, 4) is 0 Å². The third kappa shape index (κ3) is 12.1. The normalized spacial score (nSPS) is 9.89. The van der Waals surface area contributed by atoms with Gasteiger partial charge in [0.1, 0.15) is 18.0 Å². The van der Waals surface area contributed by atoms with Crippen molar-refractivity contribution in [2.75, 3.05) is 11.9 Å². The smallest absolute Gasteiger partial charge is 0.325 e. The Kier molecular flexibility index (Phi) is 7.18. The number of aromatic nitrogens is 1. The number of esters is 1. The number of anilines is 1. The minimum atomic E-state index is -0.833. The molecule has 1 aromatic heterocycles. The second-order valence-corrected chi connectivity index (χ2v) is 4.67. The van der Waals surface area contributed by atoms with Gasteiger partial charge in [-0.3, -0.25) is 9.59 Å². The number of carbonyl (C=O) groups excluding carboxylic acids is 1. The second kappa shape index (κ2) is 8.07. The lowest BCUT2D eigenvalue weighted by Crippen LogP contribution is -2.28. The number of hydrogen-bond donors (Lipinski definition) is 2. The second-order valence-electron chi connectivity index (χ2n) is 4.67. The quantitative estimate of drug-likeness (QED) is 0.814. The zero-order valence-corrected chi connectivity index (χ0v) is 11.6. The van der Waals surface area contributed by atoms with Crippen LogP contribution in [-0.4, -0.2) is 34.2 Å². The van der Waals surface area contributed by atoms with Crippen LogP contribution >= 0.6 is 0 Å². The number of aliphatic carboxylic acids is 1. The monoisotopic (exact) mass is 268 g/mol. The molecule has 0 amide bonds. The van der Waals surface area contributed by atoms with Crippen molar-refractivity contribution >= 4 is 17.8 Å². The molecule has 0 aliphatic heterocycles. The number of carboxylic acids is 1. The SMILES string of the molecule is CC(=O)O.CC(C)(C)OC(=O)CNc1ccccn1. The Morgan fingerprint density at radius 2 is 1.95 bits per heavy atom. The van der Waals surface area contributed by atoms with Gasteiger partial charge >= 0.3 is 5.97 Å². The fourth-order valence-corrected chi connectivity index (χ4v) is 1.01. The van der Waals surface area contributed by atoms with Crippen molar-refractivity contribution in [3.05, 3.63) is 24.4 Å². The van der Waals surface area contributed by atoms with E-state index < -0.39 is 11.6 Å². The molecule has 0 aliphatic carbocycles. The Balaban J connectivity index is 0.000000711. The molecule has 0 spiro atoms. The molecule has 0 aliphatic rings. The van der Waals surface area contributed by atoms with E-state index in [2.05, 4.69) is 10.3 Å². The van der Waals surface area contributed by atoms with Gasteiger partial charge in [0, 0.05) is 13.1 Å². The van der Waals surface area contributed by atoms with Crippen molar-refractivity contribution in [3.63, 3.8) is 0 Å². The molecule has 6 nitrogen and oxygen atoms in total. The summed E-state index contributed by atoms with van der Waals surface area (Å²) >= 11 is 0. The summed E-state index contributed by atoms with van der Waals surface area (Å²) in [6, 6.07) is 5.47. The van der Waals surface area contributed by atoms with Crippen LogP contribution < -0.4 is 5.32 Å². The van der Waals surface area contributed by atoms with Gasteiger partial charge in [0.2, 0.25) is 0 Å². The van der Waals surface area contributed by atoms with Crippen LogP contribution in [0.2, 0.25) is 0 Å². The fourth-order valence-electron chi connectivity index (χ4n) is 1.01. The van der Waals surface area contributed by atoms with Gasteiger partial charge < -0.3 is 15.2 Å². The molecule has 1 rings (SSSR count). The molecule has 0 saturated heterocycles. The molecule has 0 fully saturated rings. The molecule has 19 heavy (non-hydrogen) atoms. The molecule has 2 N–H and O–H groups in total. The molecule has 1 heterocycles. The molecular weight excluding hydrogens is 248 g/mol. The lowest BCUT2D eigenvalue weighted by Gasteiger charge is -2.19. The van der Waals surface area contributed by atoms with Gasteiger partial charge in [0.05, 0.1) is 0 Å². The van der Waals surface area contributed by atoms with Crippen molar-refractivity contribution in [2.24, 2.45) is 0 Å². The van der Waals surface area contributed by atoms with E-state index in [1.165, 1.54) is 0 Å². The highest BCUT2D eigenvalue weighted by molar-refractivity contribution is 5.74. The summed E-state index contributed by atoms with van der Waals surface area (Å²) in [5.74, 6) is -0.448. The average Bonchev–Trinajstić information content (AvgIpc) is 2.25. The number of hydrogen-bond acceptors (Lipinski definition) is 5. The maximum Gasteiger partial charge on any atom is 0.325 e. The Bertz CT molecular complexity index is 395. The molecule has 0 saturated carbocycles. The highest BCUT2D eigenvalue weighted by atomic mass is 16.6. The molecule has 106 valence electrons. The standard InChI is InChI=1S/C11H16N2O2.C2H4O2/c1-11(2,3)15-10(14)8-13-9-6-4-5-7-12-9;1-2(3)4/h4-7H,8H2,1-3H3,(H,12,13);1H3,(H,3,4). The van der Waals surface area contributed by atoms with E-state index in [1.807, 2.05) is 32.9 Å². The van der Waals surface area contributed by atoms with Crippen LogP contribution in [0, 0.1) is 0 Å². The predicted octanol–water partition coefficient (Wildman–Crippen LogP) is 1.93. The molecule has 0 unspecified atom stereocenters. The van der Waals surface area contributed by atoms with Crippen LogP contribution in [0.3, 0.4) is 0 Å². The lowest BCUT2D eigenvalue weighted by atomic mass is 10.2. The number of nitrogens with zero attached hydrogens (tertiary/aromatic N) is 1. The molecule has 0 radical (unpaired) electrons. The first-order valence-electron chi connectivity index (χ1n) is 5.77. The summed E-state index contributed by atoms with van der Waals surface area (Å²) < 4.78 is 5.13. The van der Waals surface area contributed by atoms with Gasteiger partial charge in [-0.1, -0.05) is 6.07 Å². The molecule has 0 atom stereocenters. The lowest BCUT2D eigenvalue weighted by molar-refractivity contribution is -0.152. The topological polar surface area (TPSA) is 88.5 Å². The van der Waals surface area contributed by atoms with E-state index >= 15 is 0 Å². The fraction of sp³-hybridized carbons (Fsp3) is 0.462. The number of ether oxygens (including phenoxy) is 1. The maximum atomic E-state index is 11.3. The first-order chi connectivity index (χ1) is 8.70. The summed E-state index contributed by atoms with van der Waals surface area (Å²) in [6.07, 6.45) is 1.66. The average molecular weight is 268 g/mol. The molecule has 0 bridgehead atoms. The van der Waals surface area contributed by atoms with E-state index in [4.69, 9.17) is 14.6 Å². The van der Waals surface area contributed by atoms with E-state index in [9.17, 15) is 4.79 Å². The highest BCUT2D eigenvalue weighted by Crippen LogP contribution is 2.07. The number of nitrogens with one attached hydrogen (secondary N) is 1. The van der Waals surface area contributed by atoms with Gasteiger partial charge in [-0.05, 0) is 32.9 Å². The van der Waals surface area contributed by atoms with Crippen LogP contribution in [0.4, 0.5) is 5.82 Å². The largest absolute Gasteiger partial charge is 0.481 e. The van der Waals surface area contributed by atoms with Gasteiger partial charge in [0.25, 0.3) is 5.97 Å². The highest BCUT2D eigenvalue weighted by Gasteiger charge is 2.15. The van der Waals surface area contributed by atoms with Crippen molar-refractivity contribution < 1.29 is 19.4 Å². The van der Waals surface area contributed by atoms with Crippen LogP contribution in [0.25, 0.3) is 0 Å². The van der Waals surface area contributed by atoms with Gasteiger partial charge in [-0.25, -0.2) is 4.98 Å². The number of rotatable bonds is 3. The van der Waals surface area contributed by atoms with E-state index in [1.54, 1.807) is 12.3 Å². The van der Waals surface area contributed by atoms with Crippen LogP contribution in [0.5, 0.6) is 0 Å². The summed E-state index contributed by atoms with van der Waals surface area (Å²) in [5, 5.41) is 10.3. The van der Waals surface area contributed by atoms with E-state index in [0.717, 1.165) is 6.92 Å². The minimum absolute atomic E-state index is 0.133. The summed E-state index contributed by atoms with van der Waals surface area (Å²) in [7, 11) is 0. The van der Waals surface area contributed by atoms with E-state index in [0.29, 0.717) is 5.82 Å². The van der Waals surface area contributed by atoms with E-state index in [-0.39, 0.29) is 12.5 Å². The summed E-state index contributed by atoms with van der Waals surface area (Å²) in [4.78, 5) is 24.3. The molecular formula is C13H20N2O4. The predicted molar refractivity (Wildman–Crippen MR) is 71.9 cm³/mol. The molecule has 1 aromatic rings. The van der Waals surface area contributed by atoms with Gasteiger partial charge in [-0.15, -0.1) is 0 Å². The van der Waals surface area contributed by atoms with Crippen molar-refractivity contribution in [1.29, 1.82) is 0 Å². The number of carboxylic acid groups (broad SMARTS) is 1. The summed E-state index contributed by atoms with van der Waals surface area (Å²) in [5.41, 5.74) is -0.442. The first-order valence-corrected chi connectivity index (χ1v) is 5.77. The van der Waals surface area contributed by atoms with Crippen LogP contribution in [0.1, 0.15) is 27.7 Å². The number of carbonyl (C=O) groups is 2. The minimum Gasteiger partial charge on any atom is -0.481 e. The first kappa shape index (κ1) is 16.9.